The predicted molar refractivity (Wildman–Crippen MR) is 134 cm³/mol. The topological polar surface area (TPSA) is 68.0 Å². The second kappa shape index (κ2) is 11.1. The summed E-state index contributed by atoms with van der Waals surface area (Å²) in [6.07, 6.45) is 2.42. The SMILES string of the molecule is Cc1cccc(-c2noc(N3CCOCC3)c2CN(CC2CCCO2)C(=O)Cc2ccccc2)c1. The molecule has 5 rings (SSSR count). The van der Waals surface area contributed by atoms with E-state index in [1.165, 1.54) is 0 Å². The van der Waals surface area contributed by atoms with E-state index in [0.29, 0.717) is 32.7 Å². The largest absolute Gasteiger partial charge is 0.378 e. The molecule has 1 amide bonds. The Morgan fingerprint density at radius 3 is 2.66 bits per heavy atom. The van der Waals surface area contributed by atoms with Crippen molar-refractivity contribution in [3.05, 3.63) is 71.3 Å². The highest BCUT2D eigenvalue weighted by Crippen LogP contribution is 2.34. The van der Waals surface area contributed by atoms with Gasteiger partial charge in [-0.2, -0.15) is 0 Å². The standard InChI is InChI=1S/C28H33N3O4/c1-21-7-5-10-23(17-21)27-25(28(35-29-27)30-12-15-33-16-13-30)20-31(19-24-11-6-14-34-24)26(32)18-22-8-3-2-4-9-22/h2-5,7-10,17,24H,6,11-16,18-20H2,1H3. The molecule has 7 nitrogen and oxygen atoms in total. The number of carbonyl (C=O) groups excluding carboxylic acids is 1. The molecule has 0 bridgehead atoms. The van der Waals surface area contributed by atoms with Crippen LogP contribution >= 0.6 is 0 Å². The molecule has 0 N–H and O–H groups in total. The van der Waals surface area contributed by atoms with Crippen LogP contribution in [0.1, 0.15) is 29.5 Å². The number of morpholine rings is 1. The number of ether oxygens (including phenoxy) is 2. The summed E-state index contributed by atoms with van der Waals surface area (Å²) >= 11 is 0. The Hall–Kier alpha value is -3.16. The van der Waals surface area contributed by atoms with Crippen LogP contribution in [0.4, 0.5) is 5.88 Å². The third kappa shape index (κ3) is 5.74. The molecule has 3 heterocycles. The summed E-state index contributed by atoms with van der Waals surface area (Å²) in [6.45, 7) is 6.57. The van der Waals surface area contributed by atoms with Crippen LogP contribution in [0.5, 0.6) is 0 Å². The van der Waals surface area contributed by atoms with Crippen molar-refractivity contribution in [2.75, 3.05) is 44.4 Å². The Morgan fingerprint density at radius 2 is 1.91 bits per heavy atom. The van der Waals surface area contributed by atoms with Crippen molar-refractivity contribution in [1.82, 2.24) is 10.1 Å². The number of hydrogen-bond acceptors (Lipinski definition) is 6. The average Bonchev–Trinajstić information content (AvgIpc) is 3.55. The van der Waals surface area contributed by atoms with Crippen LogP contribution in [0.3, 0.4) is 0 Å². The molecular weight excluding hydrogens is 442 g/mol. The van der Waals surface area contributed by atoms with Gasteiger partial charge in [0.25, 0.3) is 0 Å². The quantitative estimate of drug-likeness (QED) is 0.486. The number of aryl methyl sites for hydroxylation is 1. The van der Waals surface area contributed by atoms with E-state index < -0.39 is 0 Å². The van der Waals surface area contributed by atoms with Gasteiger partial charge in [0.05, 0.1) is 37.8 Å². The molecule has 7 heteroatoms. The lowest BCUT2D eigenvalue weighted by Gasteiger charge is -2.29. The van der Waals surface area contributed by atoms with E-state index in [0.717, 1.165) is 66.4 Å². The Morgan fingerprint density at radius 1 is 1.09 bits per heavy atom. The Balaban J connectivity index is 1.48. The summed E-state index contributed by atoms with van der Waals surface area (Å²) in [5.74, 6) is 0.811. The van der Waals surface area contributed by atoms with Crippen LogP contribution in [0, 0.1) is 6.92 Å². The number of aromatic nitrogens is 1. The van der Waals surface area contributed by atoms with Gasteiger partial charge < -0.3 is 23.8 Å². The number of nitrogens with zero attached hydrogens (tertiary/aromatic N) is 3. The highest BCUT2D eigenvalue weighted by atomic mass is 16.5. The fourth-order valence-electron chi connectivity index (χ4n) is 4.84. The molecule has 0 saturated carbocycles. The number of rotatable bonds is 8. The molecule has 1 atom stereocenters. The second-order valence-electron chi connectivity index (χ2n) is 9.36. The van der Waals surface area contributed by atoms with E-state index in [2.05, 4.69) is 29.1 Å². The number of hydrogen-bond donors (Lipinski definition) is 0. The Bertz CT molecular complexity index is 1120. The molecular formula is C28H33N3O4. The molecule has 0 spiro atoms. The third-order valence-corrected chi connectivity index (χ3v) is 6.71. The van der Waals surface area contributed by atoms with E-state index >= 15 is 0 Å². The normalized spacial score (nSPS) is 18.1. The number of benzene rings is 2. The molecule has 1 unspecified atom stereocenters. The Labute approximate surface area is 206 Å². The fourth-order valence-corrected chi connectivity index (χ4v) is 4.84. The maximum Gasteiger partial charge on any atom is 0.233 e. The van der Waals surface area contributed by atoms with Gasteiger partial charge >= 0.3 is 0 Å². The number of anilines is 1. The van der Waals surface area contributed by atoms with Gasteiger partial charge in [-0.05, 0) is 31.4 Å². The first-order chi connectivity index (χ1) is 17.2. The molecule has 2 aromatic carbocycles. The van der Waals surface area contributed by atoms with Crippen LogP contribution in [0.2, 0.25) is 0 Å². The summed E-state index contributed by atoms with van der Waals surface area (Å²) in [7, 11) is 0. The molecule has 0 aliphatic carbocycles. The van der Waals surface area contributed by atoms with Gasteiger partial charge in [0.1, 0.15) is 5.69 Å². The minimum absolute atomic E-state index is 0.0591. The molecule has 2 saturated heterocycles. The molecule has 184 valence electrons. The van der Waals surface area contributed by atoms with Gasteiger partial charge in [-0.1, -0.05) is 59.3 Å². The molecule has 2 aliphatic heterocycles. The van der Waals surface area contributed by atoms with Crippen LogP contribution < -0.4 is 4.90 Å². The van der Waals surface area contributed by atoms with E-state index in [4.69, 9.17) is 14.0 Å². The zero-order chi connectivity index (χ0) is 24.0. The maximum atomic E-state index is 13.6. The minimum Gasteiger partial charge on any atom is -0.378 e. The third-order valence-electron chi connectivity index (χ3n) is 6.71. The number of amides is 1. The fraction of sp³-hybridized carbons (Fsp3) is 0.429. The molecule has 35 heavy (non-hydrogen) atoms. The molecule has 0 radical (unpaired) electrons. The van der Waals surface area contributed by atoms with Crippen LogP contribution in [-0.4, -0.2) is 61.5 Å². The lowest BCUT2D eigenvalue weighted by Crippen LogP contribution is -2.39. The van der Waals surface area contributed by atoms with E-state index in [1.54, 1.807) is 0 Å². The highest BCUT2D eigenvalue weighted by molar-refractivity contribution is 5.79. The number of carbonyl (C=O) groups is 1. The summed E-state index contributed by atoms with van der Waals surface area (Å²) in [6, 6.07) is 18.2. The van der Waals surface area contributed by atoms with Gasteiger partial charge in [0.15, 0.2) is 0 Å². The summed E-state index contributed by atoms with van der Waals surface area (Å²) in [5.41, 5.74) is 4.89. The second-order valence-corrected chi connectivity index (χ2v) is 9.36. The van der Waals surface area contributed by atoms with Crippen molar-refractivity contribution in [2.45, 2.75) is 38.8 Å². The van der Waals surface area contributed by atoms with E-state index in [-0.39, 0.29) is 12.0 Å². The minimum atomic E-state index is 0.0591. The molecule has 3 aromatic rings. The monoisotopic (exact) mass is 475 g/mol. The van der Waals surface area contributed by atoms with Crippen molar-refractivity contribution in [1.29, 1.82) is 0 Å². The maximum absolute atomic E-state index is 13.6. The van der Waals surface area contributed by atoms with Crippen molar-refractivity contribution in [2.24, 2.45) is 0 Å². The van der Waals surface area contributed by atoms with Crippen molar-refractivity contribution in [3.8, 4) is 11.3 Å². The van der Waals surface area contributed by atoms with E-state index in [9.17, 15) is 4.79 Å². The van der Waals surface area contributed by atoms with Crippen LogP contribution in [0.25, 0.3) is 11.3 Å². The van der Waals surface area contributed by atoms with Gasteiger partial charge in [-0.15, -0.1) is 0 Å². The van der Waals surface area contributed by atoms with Gasteiger partial charge in [0.2, 0.25) is 11.8 Å². The Kier molecular flexibility index (Phi) is 7.45. The first kappa shape index (κ1) is 23.6. The summed E-state index contributed by atoms with van der Waals surface area (Å²) in [4.78, 5) is 17.7. The van der Waals surface area contributed by atoms with Gasteiger partial charge in [-0.3, -0.25) is 4.79 Å². The van der Waals surface area contributed by atoms with Crippen LogP contribution in [0.15, 0.2) is 59.1 Å². The summed E-state index contributed by atoms with van der Waals surface area (Å²) < 4.78 is 17.4. The van der Waals surface area contributed by atoms with E-state index in [1.807, 2.05) is 47.4 Å². The first-order valence-corrected chi connectivity index (χ1v) is 12.5. The first-order valence-electron chi connectivity index (χ1n) is 12.5. The molecule has 1 aromatic heterocycles. The van der Waals surface area contributed by atoms with Gasteiger partial charge in [-0.25, -0.2) is 0 Å². The zero-order valence-electron chi connectivity index (χ0n) is 20.3. The highest BCUT2D eigenvalue weighted by Gasteiger charge is 2.29. The summed E-state index contributed by atoms with van der Waals surface area (Å²) in [5, 5.41) is 4.50. The van der Waals surface area contributed by atoms with Crippen molar-refractivity contribution in [3.63, 3.8) is 0 Å². The van der Waals surface area contributed by atoms with Crippen molar-refractivity contribution >= 4 is 11.8 Å². The predicted octanol–water partition coefficient (Wildman–Crippen LogP) is 4.24. The lowest BCUT2D eigenvalue weighted by molar-refractivity contribution is -0.132. The zero-order valence-corrected chi connectivity index (χ0v) is 20.3. The van der Waals surface area contributed by atoms with Crippen molar-refractivity contribution < 1.29 is 18.8 Å². The molecule has 2 aliphatic rings. The lowest BCUT2D eigenvalue weighted by atomic mass is 10.0. The van der Waals surface area contributed by atoms with Gasteiger partial charge in [0, 0.05) is 31.8 Å². The molecule has 2 fully saturated rings. The average molecular weight is 476 g/mol. The smallest absolute Gasteiger partial charge is 0.233 e. The van der Waals surface area contributed by atoms with Crippen LogP contribution in [-0.2, 0) is 27.2 Å².